The average Bonchev–Trinajstić information content (AvgIpc) is 2.98. The molecule has 0 N–H and O–H groups in total. The quantitative estimate of drug-likeness (QED) is 0.678. The highest BCUT2D eigenvalue weighted by Crippen LogP contribution is 2.21. The minimum atomic E-state index is 0.0288. The number of carbonyl (C=O) groups is 1. The number of aromatic nitrogens is 3. The predicted octanol–water partition coefficient (Wildman–Crippen LogP) is 3.29. The summed E-state index contributed by atoms with van der Waals surface area (Å²) in [5.74, 6) is 0. The molecule has 3 aromatic rings. The van der Waals surface area contributed by atoms with E-state index in [4.69, 9.17) is 0 Å². The molecule has 110 valence electrons. The average molecular weight is 291 g/mol. The zero-order valence-electron chi connectivity index (χ0n) is 12.4. The van der Waals surface area contributed by atoms with E-state index in [-0.39, 0.29) is 6.04 Å². The molecule has 0 aliphatic heterocycles. The number of carbonyl (C=O) groups excluding carboxylic acids is 1. The van der Waals surface area contributed by atoms with Crippen LogP contribution in [0.25, 0.3) is 0 Å². The van der Waals surface area contributed by atoms with Crippen molar-refractivity contribution < 1.29 is 4.79 Å². The van der Waals surface area contributed by atoms with Crippen molar-refractivity contribution in [1.29, 1.82) is 0 Å². The Morgan fingerprint density at radius 2 is 1.68 bits per heavy atom. The van der Waals surface area contributed by atoms with Gasteiger partial charge in [-0.1, -0.05) is 65.9 Å². The van der Waals surface area contributed by atoms with Crippen LogP contribution in [0, 0.1) is 0 Å². The number of hydrogen-bond acceptors (Lipinski definition) is 3. The monoisotopic (exact) mass is 291 g/mol. The standard InChI is InChI=1S/C18H17N3O/c1-14(16-10-6-3-7-11-16)21-18(17(13-22)19-20-21)12-15-8-4-2-5-9-15/h2-11,13-14H,12H2,1H3. The Balaban J connectivity index is 1.98. The fraction of sp³-hybridized carbons (Fsp3) is 0.167. The van der Waals surface area contributed by atoms with Crippen LogP contribution in [0.2, 0.25) is 0 Å². The first-order valence-corrected chi connectivity index (χ1v) is 7.27. The Morgan fingerprint density at radius 3 is 2.32 bits per heavy atom. The zero-order valence-corrected chi connectivity index (χ0v) is 12.4. The van der Waals surface area contributed by atoms with Crippen molar-refractivity contribution in [3.8, 4) is 0 Å². The van der Waals surface area contributed by atoms with Gasteiger partial charge in [-0.25, -0.2) is 4.68 Å². The van der Waals surface area contributed by atoms with Crippen LogP contribution in [0.1, 0.15) is 40.3 Å². The van der Waals surface area contributed by atoms with E-state index >= 15 is 0 Å². The molecular formula is C18H17N3O. The van der Waals surface area contributed by atoms with Crippen LogP contribution >= 0.6 is 0 Å². The van der Waals surface area contributed by atoms with Crippen molar-refractivity contribution in [2.45, 2.75) is 19.4 Å². The molecule has 1 unspecified atom stereocenters. The summed E-state index contributed by atoms with van der Waals surface area (Å²) in [6.07, 6.45) is 1.42. The highest BCUT2D eigenvalue weighted by Gasteiger charge is 2.18. The normalized spacial score (nSPS) is 12.0. The van der Waals surface area contributed by atoms with Gasteiger partial charge in [0.1, 0.15) is 5.69 Å². The Hall–Kier alpha value is -2.75. The Labute approximate surface area is 129 Å². The molecule has 0 aliphatic rings. The number of nitrogens with zero attached hydrogens (tertiary/aromatic N) is 3. The van der Waals surface area contributed by atoms with Crippen LogP contribution in [0.15, 0.2) is 60.7 Å². The van der Waals surface area contributed by atoms with Gasteiger partial charge in [0.25, 0.3) is 0 Å². The first-order chi connectivity index (χ1) is 10.8. The number of benzene rings is 2. The lowest BCUT2D eigenvalue weighted by atomic mass is 10.1. The second-order valence-corrected chi connectivity index (χ2v) is 5.23. The van der Waals surface area contributed by atoms with E-state index in [0.717, 1.165) is 23.1 Å². The fourth-order valence-electron chi connectivity index (χ4n) is 2.56. The van der Waals surface area contributed by atoms with Gasteiger partial charge in [0.2, 0.25) is 0 Å². The molecule has 3 rings (SSSR count). The van der Waals surface area contributed by atoms with Crippen LogP contribution < -0.4 is 0 Å². The van der Waals surface area contributed by atoms with Gasteiger partial charge in [-0.3, -0.25) is 4.79 Å². The van der Waals surface area contributed by atoms with Gasteiger partial charge in [0.05, 0.1) is 11.7 Å². The van der Waals surface area contributed by atoms with Gasteiger partial charge < -0.3 is 0 Å². The molecule has 0 fully saturated rings. The Bertz CT molecular complexity index is 751. The molecule has 0 amide bonds. The lowest BCUT2D eigenvalue weighted by Gasteiger charge is -2.15. The maximum absolute atomic E-state index is 11.3. The fourth-order valence-corrected chi connectivity index (χ4v) is 2.56. The molecule has 22 heavy (non-hydrogen) atoms. The molecule has 0 saturated heterocycles. The Kier molecular flexibility index (Phi) is 4.10. The summed E-state index contributed by atoms with van der Waals surface area (Å²) in [6.45, 7) is 2.06. The molecule has 0 spiro atoms. The SMILES string of the molecule is CC(c1ccccc1)n1nnc(C=O)c1Cc1ccccc1. The van der Waals surface area contributed by atoms with Crippen molar-refractivity contribution in [2.24, 2.45) is 0 Å². The van der Waals surface area contributed by atoms with Crippen LogP contribution in [-0.2, 0) is 6.42 Å². The predicted molar refractivity (Wildman–Crippen MR) is 84.9 cm³/mol. The molecule has 2 aromatic carbocycles. The highest BCUT2D eigenvalue weighted by atomic mass is 16.1. The third-order valence-electron chi connectivity index (χ3n) is 3.80. The van der Waals surface area contributed by atoms with Crippen LogP contribution in [0.4, 0.5) is 0 Å². The lowest BCUT2D eigenvalue weighted by Crippen LogP contribution is -2.13. The summed E-state index contributed by atoms with van der Waals surface area (Å²) in [7, 11) is 0. The number of hydrogen-bond donors (Lipinski definition) is 0. The summed E-state index contributed by atoms with van der Waals surface area (Å²) in [5, 5.41) is 8.22. The van der Waals surface area contributed by atoms with Crippen LogP contribution in [-0.4, -0.2) is 21.3 Å². The van der Waals surface area contributed by atoms with Crippen molar-refractivity contribution in [3.05, 3.63) is 83.2 Å². The molecule has 1 heterocycles. The van der Waals surface area contributed by atoms with Crippen molar-refractivity contribution in [1.82, 2.24) is 15.0 Å². The summed E-state index contributed by atoms with van der Waals surface area (Å²) >= 11 is 0. The molecule has 0 saturated carbocycles. The van der Waals surface area contributed by atoms with Crippen LogP contribution in [0.3, 0.4) is 0 Å². The molecule has 1 aromatic heterocycles. The smallest absolute Gasteiger partial charge is 0.172 e. The zero-order chi connectivity index (χ0) is 15.4. The maximum atomic E-state index is 11.3. The van der Waals surface area contributed by atoms with Gasteiger partial charge in [-0.15, -0.1) is 5.10 Å². The first kappa shape index (κ1) is 14.2. The third-order valence-corrected chi connectivity index (χ3v) is 3.80. The summed E-state index contributed by atoms with van der Waals surface area (Å²) in [6, 6.07) is 20.2. The maximum Gasteiger partial charge on any atom is 0.172 e. The minimum absolute atomic E-state index is 0.0288. The molecular weight excluding hydrogens is 274 g/mol. The van der Waals surface area contributed by atoms with E-state index in [1.807, 2.05) is 53.2 Å². The molecule has 4 nitrogen and oxygen atoms in total. The van der Waals surface area contributed by atoms with E-state index in [0.29, 0.717) is 12.1 Å². The van der Waals surface area contributed by atoms with Gasteiger partial charge in [-0.2, -0.15) is 0 Å². The van der Waals surface area contributed by atoms with E-state index in [9.17, 15) is 4.79 Å². The second kappa shape index (κ2) is 6.35. The van der Waals surface area contributed by atoms with E-state index in [1.54, 1.807) is 0 Å². The highest BCUT2D eigenvalue weighted by molar-refractivity contribution is 5.73. The second-order valence-electron chi connectivity index (χ2n) is 5.23. The molecule has 1 atom stereocenters. The molecule has 0 aliphatic carbocycles. The van der Waals surface area contributed by atoms with E-state index < -0.39 is 0 Å². The van der Waals surface area contributed by atoms with Crippen molar-refractivity contribution in [3.63, 3.8) is 0 Å². The van der Waals surface area contributed by atoms with E-state index in [1.165, 1.54) is 0 Å². The van der Waals surface area contributed by atoms with Crippen LogP contribution in [0.5, 0.6) is 0 Å². The summed E-state index contributed by atoms with van der Waals surface area (Å²) < 4.78 is 1.84. The van der Waals surface area contributed by atoms with E-state index in [2.05, 4.69) is 29.4 Å². The molecule has 0 bridgehead atoms. The largest absolute Gasteiger partial charge is 0.296 e. The minimum Gasteiger partial charge on any atom is -0.296 e. The summed E-state index contributed by atoms with van der Waals surface area (Å²) in [5.41, 5.74) is 3.53. The van der Waals surface area contributed by atoms with Gasteiger partial charge >= 0.3 is 0 Å². The third kappa shape index (κ3) is 2.81. The van der Waals surface area contributed by atoms with Crippen molar-refractivity contribution in [2.75, 3.05) is 0 Å². The van der Waals surface area contributed by atoms with Gasteiger partial charge in [0.15, 0.2) is 6.29 Å². The topological polar surface area (TPSA) is 47.8 Å². The molecule has 4 heteroatoms. The van der Waals surface area contributed by atoms with Crippen molar-refractivity contribution >= 4 is 6.29 Å². The number of rotatable bonds is 5. The number of aldehydes is 1. The Morgan fingerprint density at radius 1 is 1.05 bits per heavy atom. The lowest BCUT2D eigenvalue weighted by molar-refractivity contribution is 0.111. The van der Waals surface area contributed by atoms with Gasteiger partial charge in [0, 0.05) is 6.42 Å². The first-order valence-electron chi connectivity index (χ1n) is 7.27. The molecule has 0 radical (unpaired) electrons. The summed E-state index contributed by atoms with van der Waals surface area (Å²) in [4.78, 5) is 11.3. The van der Waals surface area contributed by atoms with Gasteiger partial charge in [-0.05, 0) is 18.1 Å².